The molecule has 0 spiro atoms. The lowest BCUT2D eigenvalue weighted by Crippen LogP contribution is -2.10. The second kappa shape index (κ2) is 11.2. The SMILES string of the molecule is Cc1ccc(/C=C/C(=O)OCCOc2ccc(-c3ccc(OCP)cc3)cc2)cc1. The molecule has 0 aromatic heterocycles. The maximum atomic E-state index is 11.8. The van der Waals surface area contributed by atoms with Crippen molar-refractivity contribution < 1.29 is 19.0 Å². The topological polar surface area (TPSA) is 44.8 Å². The number of hydrogen-bond donors (Lipinski definition) is 0. The number of ether oxygens (including phenoxy) is 3. The van der Waals surface area contributed by atoms with Gasteiger partial charge in [-0.1, -0.05) is 63.3 Å². The Morgan fingerprint density at radius 3 is 1.93 bits per heavy atom. The average Bonchev–Trinajstić information content (AvgIpc) is 2.78. The summed E-state index contributed by atoms with van der Waals surface area (Å²) in [7, 11) is 2.53. The Bertz CT molecular complexity index is 962. The Morgan fingerprint density at radius 1 is 0.800 bits per heavy atom. The highest BCUT2D eigenvalue weighted by molar-refractivity contribution is 7.16. The Hall–Kier alpha value is -3.10. The van der Waals surface area contributed by atoms with Gasteiger partial charge in [-0.05, 0) is 54.0 Å². The summed E-state index contributed by atoms with van der Waals surface area (Å²) in [5.41, 5.74) is 4.33. The number of benzene rings is 3. The number of hydrogen-bond acceptors (Lipinski definition) is 4. The monoisotopic (exact) mass is 420 g/mol. The summed E-state index contributed by atoms with van der Waals surface area (Å²) in [6.45, 7) is 2.51. The van der Waals surface area contributed by atoms with Crippen molar-refractivity contribution in [3.05, 3.63) is 90.0 Å². The highest BCUT2D eigenvalue weighted by Crippen LogP contribution is 2.24. The highest BCUT2D eigenvalue weighted by atomic mass is 31.0. The smallest absolute Gasteiger partial charge is 0.330 e. The third-order valence-electron chi connectivity index (χ3n) is 4.38. The zero-order valence-electron chi connectivity index (χ0n) is 16.9. The van der Waals surface area contributed by atoms with Crippen LogP contribution in [0.1, 0.15) is 11.1 Å². The van der Waals surface area contributed by atoms with Crippen LogP contribution in [-0.4, -0.2) is 25.5 Å². The normalized spacial score (nSPS) is 10.7. The van der Waals surface area contributed by atoms with E-state index in [9.17, 15) is 4.79 Å². The minimum Gasteiger partial charge on any atom is -0.490 e. The van der Waals surface area contributed by atoms with Gasteiger partial charge in [0.2, 0.25) is 0 Å². The molecule has 0 amide bonds. The summed E-state index contributed by atoms with van der Waals surface area (Å²) in [5.74, 6) is 1.19. The molecule has 0 fully saturated rings. The molecule has 0 aliphatic carbocycles. The molecule has 1 atom stereocenters. The quantitative estimate of drug-likeness (QED) is 0.198. The van der Waals surface area contributed by atoms with Gasteiger partial charge in [-0.3, -0.25) is 0 Å². The minimum absolute atomic E-state index is 0.190. The summed E-state index contributed by atoms with van der Waals surface area (Å²) in [6, 6.07) is 23.7. The van der Waals surface area contributed by atoms with Gasteiger partial charge in [-0.2, -0.15) is 0 Å². The number of carbonyl (C=O) groups excluding carboxylic acids is 1. The first-order valence-electron chi connectivity index (χ1n) is 9.72. The fourth-order valence-electron chi connectivity index (χ4n) is 2.78. The fraction of sp³-hybridized carbons (Fsp3) is 0.160. The zero-order chi connectivity index (χ0) is 21.2. The standard InChI is InChI=1S/C25H25O4P/c1-19-2-4-20(5-3-19)6-15-25(26)28-17-16-27-23-11-7-21(8-12-23)22-9-13-24(14-10-22)29-18-30/h2-15H,16-18,30H2,1H3/b15-6+. The minimum atomic E-state index is -0.386. The van der Waals surface area contributed by atoms with Crippen LogP contribution in [0.25, 0.3) is 17.2 Å². The van der Waals surface area contributed by atoms with Crippen LogP contribution in [0.4, 0.5) is 0 Å². The van der Waals surface area contributed by atoms with Crippen molar-refractivity contribution in [2.45, 2.75) is 6.92 Å². The second-order valence-electron chi connectivity index (χ2n) is 6.62. The van der Waals surface area contributed by atoms with Gasteiger partial charge >= 0.3 is 5.97 Å². The van der Waals surface area contributed by atoms with Crippen LogP contribution in [0.2, 0.25) is 0 Å². The van der Waals surface area contributed by atoms with Gasteiger partial charge in [-0.25, -0.2) is 4.79 Å². The van der Waals surface area contributed by atoms with Crippen LogP contribution in [0, 0.1) is 6.92 Å². The van der Waals surface area contributed by atoms with Crippen LogP contribution in [0.3, 0.4) is 0 Å². The van der Waals surface area contributed by atoms with E-state index < -0.39 is 0 Å². The molecule has 0 aliphatic rings. The predicted octanol–water partition coefficient (Wildman–Crippen LogP) is 5.51. The van der Waals surface area contributed by atoms with E-state index in [2.05, 4.69) is 9.24 Å². The van der Waals surface area contributed by atoms with Crippen LogP contribution < -0.4 is 9.47 Å². The van der Waals surface area contributed by atoms with Gasteiger partial charge < -0.3 is 14.2 Å². The van der Waals surface area contributed by atoms with Crippen molar-refractivity contribution in [2.24, 2.45) is 0 Å². The lowest BCUT2D eigenvalue weighted by Gasteiger charge is -2.08. The van der Waals surface area contributed by atoms with Crippen LogP contribution in [0.5, 0.6) is 11.5 Å². The number of carbonyl (C=O) groups is 1. The number of esters is 1. The third kappa shape index (κ3) is 6.75. The molecule has 30 heavy (non-hydrogen) atoms. The highest BCUT2D eigenvalue weighted by Gasteiger charge is 2.01. The van der Waals surface area contributed by atoms with E-state index in [0.717, 1.165) is 28.2 Å². The molecule has 4 nitrogen and oxygen atoms in total. The first-order chi connectivity index (χ1) is 14.6. The molecule has 5 heteroatoms. The summed E-state index contributed by atoms with van der Waals surface area (Å²) >= 11 is 0. The van der Waals surface area contributed by atoms with Crippen molar-refractivity contribution >= 4 is 21.3 Å². The van der Waals surface area contributed by atoms with Crippen LogP contribution in [0.15, 0.2) is 78.9 Å². The predicted molar refractivity (Wildman–Crippen MR) is 124 cm³/mol. The molecular weight excluding hydrogens is 395 g/mol. The molecule has 0 saturated carbocycles. The van der Waals surface area contributed by atoms with Gasteiger partial charge in [0.25, 0.3) is 0 Å². The Kier molecular flexibility index (Phi) is 8.05. The van der Waals surface area contributed by atoms with Gasteiger partial charge in [-0.15, -0.1) is 0 Å². The van der Waals surface area contributed by atoms with E-state index in [4.69, 9.17) is 14.2 Å². The molecule has 0 heterocycles. The van der Waals surface area contributed by atoms with E-state index in [-0.39, 0.29) is 12.6 Å². The van der Waals surface area contributed by atoms with Gasteiger partial charge in [0.15, 0.2) is 0 Å². The maximum absolute atomic E-state index is 11.8. The molecule has 0 bridgehead atoms. The summed E-state index contributed by atoms with van der Waals surface area (Å²) in [5, 5.41) is 0. The largest absolute Gasteiger partial charge is 0.490 e. The molecule has 0 saturated heterocycles. The summed E-state index contributed by atoms with van der Waals surface area (Å²) in [4.78, 5) is 11.8. The second-order valence-corrected chi connectivity index (χ2v) is 6.95. The maximum Gasteiger partial charge on any atom is 0.330 e. The van der Waals surface area contributed by atoms with Crippen molar-refractivity contribution in [1.82, 2.24) is 0 Å². The van der Waals surface area contributed by atoms with Gasteiger partial charge in [0, 0.05) is 6.08 Å². The molecule has 3 rings (SSSR count). The molecule has 0 aliphatic heterocycles. The van der Waals surface area contributed by atoms with E-state index >= 15 is 0 Å². The first kappa shape index (κ1) is 21.6. The first-order valence-corrected chi connectivity index (χ1v) is 10.5. The van der Waals surface area contributed by atoms with E-state index in [1.165, 1.54) is 11.6 Å². The van der Waals surface area contributed by atoms with E-state index in [1.54, 1.807) is 6.08 Å². The lowest BCUT2D eigenvalue weighted by atomic mass is 10.1. The van der Waals surface area contributed by atoms with Crippen LogP contribution in [-0.2, 0) is 9.53 Å². The van der Waals surface area contributed by atoms with Gasteiger partial charge in [0.05, 0.1) is 0 Å². The zero-order valence-corrected chi connectivity index (χ0v) is 18.1. The van der Waals surface area contributed by atoms with Crippen LogP contribution >= 0.6 is 9.24 Å². The molecule has 154 valence electrons. The van der Waals surface area contributed by atoms with Gasteiger partial charge in [0.1, 0.15) is 31.1 Å². The van der Waals surface area contributed by atoms with Crippen molar-refractivity contribution in [1.29, 1.82) is 0 Å². The third-order valence-corrected chi connectivity index (χ3v) is 4.54. The molecule has 0 radical (unpaired) electrons. The van der Waals surface area contributed by atoms with Crippen molar-refractivity contribution in [2.75, 3.05) is 19.6 Å². The van der Waals surface area contributed by atoms with E-state index in [1.807, 2.05) is 79.7 Å². The van der Waals surface area contributed by atoms with E-state index in [0.29, 0.717) is 13.0 Å². The number of rotatable bonds is 9. The Morgan fingerprint density at radius 2 is 1.37 bits per heavy atom. The molecular formula is C25H25O4P. The van der Waals surface area contributed by atoms with Crippen molar-refractivity contribution in [3.63, 3.8) is 0 Å². The Balaban J connectivity index is 1.41. The van der Waals surface area contributed by atoms with Crippen molar-refractivity contribution in [3.8, 4) is 22.6 Å². The summed E-state index contributed by atoms with van der Waals surface area (Å²) < 4.78 is 16.3. The lowest BCUT2D eigenvalue weighted by molar-refractivity contribution is -0.138. The molecule has 3 aromatic carbocycles. The molecule has 1 unspecified atom stereocenters. The fourth-order valence-corrected chi connectivity index (χ4v) is 2.97. The number of aryl methyl sites for hydroxylation is 1. The Labute approximate surface area is 179 Å². The summed E-state index contributed by atoms with van der Waals surface area (Å²) in [6.07, 6.45) is 3.74. The average molecular weight is 420 g/mol. The molecule has 0 N–H and O–H groups in total. The molecule has 3 aromatic rings.